The van der Waals surface area contributed by atoms with Gasteiger partial charge in [0, 0.05) is 18.9 Å². The summed E-state index contributed by atoms with van der Waals surface area (Å²) in [6.07, 6.45) is 1.14. The lowest BCUT2D eigenvalue weighted by Crippen LogP contribution is -2.28. The number of amides is 1. The van der Waals surface area contributed by atoms with Crippen LogP contribution in [0.15, 0.2) is 53.4 Å². The second kappa shape index (κ2) is 8.32. The number of nitrogens with zero attached hydrogens (tertiary/aromatic N) is 1. The van der Waals surface area contributed by atoms with Crippen molar-refractivity contribution in [3.05, 3.63) is 59.7 Å². The molecule has 152 valence electrons. The molecule has 9 heteroatoms. The SMILES string of the molecule is CCS(=O)(=O)N(C)c1ccc(C(=O)N[C@H](C)c2ccc(S(C)(=O)=O)cc2)cc1. The Labute approximate surface area is 166 Å². The largest absolute Gasteiger partial charge is 0.346 e. The van der Waals surface area contributed by atoms with Crippen LogP contribution in [0.4, 0.5) is 5.69 Å². The van der Waals surface area contributed by atoms with Gasteiger partial charge < -0.3 is 5.32 Å². The number of rotatable bonds is 7. The molecule has 0 spiro atoms. The Morgan fingerprint density at radius 1 is 1.00 bits per heavy atom. The highest BCUT2D eigenvalue weighted by Crippen LogP contribution is 2.19. The molecule has 0 saturated carbocycles. The summed E-state index contributed by atoms with van der Waals surface area (Å²) in [5, 5.41) is 2.84. The van der Waals surface area contributed by atoms with E-state index in [0.717, 1.165) is 11.8 Å². The molecule has 0 unspecified atom stereocenters. The van der Waals surface area contributed by atoms with Crippen molar-refractivity contribution in [3.8, 4) is 0 Å². The van der Waals surface area contributed by atoms with Gasteiger partial charge in [0.1, 0.15) is 0 Å². The molecule has 0 aliphatic rings. The van der Waals surface area contributed by atoms with Gasteiger partial charge >= 0.3 is 0 Å². The fourth-order valence-corrected chi connectivity index (χ4v) is 4.00. The molecule has 28 heavy (non-hydrogen) atoms. The van der Waals surface area contributed by atoms with Crippen LogP contribution in [0.1, 0.15) is 35.8 Å². The maximum atomic E-state index is 12.4. The van der Waals surface area contributed by atoms with Crippen molar-refractivity contribution >= 4 is 31.5 Å². The number of nitrogens with one attached hydrogen (secondary N) is 1. The topological polar surface area (TPSA) is 101 Å². The lowest BCUT2D eigenvalue weighted by Gasteiger charge is -2.19. The van der Waals surface area contributed by atoms with Crippen LogP contribution in [0.2, 0.25) is 0 Å². The zero-order valence-electron chi connectivity index (χ0n) is 16.2. The molecule has 0 saturated heterocycles. The third-order valence-corrected chi connectivity index (χ3v) is 7.33. The second-order valence-corrected chi connectivity index (χ2v) is 10.8. The van der Waals surface area contributed by atoms with E-state index in [4.69, 9.17) is 0 Å². The molecule has 0 aliphatic carbocycles. The average molecular weight is 425 g/mol. The van der Waals surface area contributed by atoms with E-state index in [2.05, 4.69) is 5.32 Å². The average Bonchev–Trinajstić information content (AvgIpc) is 2.66. The molecule has 0 aromatic heterocycles. The molecular weight excluding hydrogens is 400 g/mol. The van der Waals surface area contributed by atoms with Crippen molar-refractivity contribution in [2.24, 2.45) is 0 Å². The molecule has 0 heterocycles. The van der Waals surface area contributed by atoms with Crippen LogP contribution in [0.3, 0.4) is 0 Å². The predicted molar refractivity (Wildman–Crippen MR) is 110 cm³/mol. The zero-order chi connectivity index (χ0) is 21.1. The molecule has 2 aromatic carbocycles. The first kappa shape index (κ1) is 21.9. The van der Waals surface area contributed by atoms with E-state index in [-0.39, 0.29) is 22.6 Å². The Bertz CT molecular complexity index is 1040. The highest BCUT2D eigenvalue weighted by atomic mass is 32.2. The van der Waals surface area contributed by atoms with E-state index in [1.165, 1.54) is 23.5 Å². The first-order valence-electron chi connectivity index (χ1n) is 8.63. The Morgan fingerprint density at radius 3 is 2.00 bits per heavy atom. The zero-order valence-corrected chi connectivity index (χ0v) is 17.8. The van der Waals surface area contributed by atoms with E-state index in [1.54, 1.807) is 50.2 Å². The highest BCUT2D eigenvalue weighted by Gasteiger charge is 2.17. The van der Waals surface area contributed by atoms with Crippen LogP contribution in [0, 0.1) is 0 Å². The normalized spacial score (nSPS) is 13.0. The first-order valence-corrected chi connectivity index (χ1v) is 12.1. The third-order valence-electron chi connectivity index (χ3n) is 4.43. The third kappa shape index (κ3) is 5.11. The van der Waals surface area contributed by atoms with E-state index < -0.39 is 19.9 Å². The number of carbonyl (C=O) groups is 1. The number of anilines is 1. The molecule has 7 nitrogen and oxygen atoms in total. The Morgan fingerprint density at radius 2 is 1.54 bits per heavy atom. The van der Waals surface area contributed by atoms with E-state index in [0.29, 0.717) is 11.3 Å². The minimum Gasteiger partial charge on any atom is -0.346 e. The number of carbonyl (C=O) groups excluding carboxylic acids is 1. The van der Waals surface area contributed by atoms with Crippen molar-refractivity contribution < 1.29 is 21.6 Å². The van der Waals surface area contributed by atoms with E-state index in [1.807, 2.05) is 0 Å². The van der Waals surface area contributed by atoms with Gasteiger partial charge in [-0.25, -0.2) is 16.8 Å². The molecule has 2 aromatic rings. The maximum Gasteiger partial charge on any atom is 0.251 e. The van der Waals surface area contributed by atoms with Crippen molar-refractivity contribution in [1.82, 2.24) is 5.32 Å². The van der Waals surface area contributed by atoms with Gasteiger partial charge in [-0.2, -0.15) is 0 Å². The molecule has 0 aliphatic heterocycles. The summed E-state index contributed by atoms with van der Waals surface area (Å²) >= 11 is 0. The summed E-state index contributed by atoms with van der Waals surface area (Å²) in [4.78, 5) is 12.7. The molecular formula is C19H24N2O5S2. The monoisotopic (exact) mass is 424 g/mol. The van der Waals surface area contributed by atoms with Crippen LogP contribution < -0.4 is 9.62 Å². The number of benzene rings is 2. The molecule has 1 N–H and O–H groups in total. The van der Waals surface area contributed by atoms with Gasteiger partial charge in [-0.15, -0.1) is 0 Å². The molecule has 0 radical (unpaired) electrons. The van der Waals surface area contributed by atoms with Gasteiger partial charge in [-0.3, -0.25) is 9.10 Å². The van der Waals surface area contributed by atoms with E-state index >= 15 is 0 Å². The van der Waals surface area contributed by atoms with Crippen molar-refractivity contribution in [1.29, 1.82) is 0 Å². The van der Waals surface area contributed by atoms with Crippen molar-refractivity contribution in [2.75, 3.05) is 23.4 Å². The van der Waals surface area contributed by atoms with Gasteiger partial charge in [0.25, 0.3) is 5.91 Å². The van der Waals surface area contributed by atoms with Crippen LogP contribution in [0.25, 0.3) is 0 Å². The van der Waals surface area contributed by atoms with Crippen LogP contribution in [-0.4, -0.2) is 41.8 Å². The summed E-state index contributed by atoms with van der Waals surface area (Å²) in [5.41, 5.74) is 1.64. The van der Waals surface area contributed by atoms with Gasteiger partial charge in [0.05, 0.1) is 22.4 Å². The highest BCUT2D eigenvalue weighted by molar-refractivity contribution is 7.92. The standard InChI is InChI=1S/C19H24N2O5S2/c1-5-28(25,26)21(3)17-10-6-16(7-11-17)19(22)20-14(2)15-8-12-18(13-9-15)27(4,23)24/h6-14H,5H2,1-4H3,(H,20,22)/t14-/m1/s1. The molecule has 1 amide bonds. The number of sulfonamides is 1. The van der Waals surface area contributed by atoms with Crippen molar-refractivity contribution in [3.63, 3.8) is 0 Å². The predicted octanol–water partition coefficient (Wildman–Crippen LogP) is 2.37. The van der Waals surface area contributed by atoms with E-state index in [9.17, 15) is 21.6 Å². The molecule has 0 bridgehead atoms. The fourth-order valence-electron chi connectivity index (χ4n) is 2.54. The number of sulfone groups is 1. The van der Waals surface area contributed by atoms with Crippen LogP contribution in [0.5, 0.6) is 0 Å². The van der Waals surface area contributed by atoms with Crippen molar-refractivity contribution in [2.45, 2.75) is 24.8 Å². The smallest absolute Gasteiger partial charge is 0.251 e. The minimum atomic E-state index is -3.36. The van der Waals surface area contributed by atoms with Crippen LogP contribution >= 0.6 is 0 Å². The maximum absolute atomic E-state index is 12.4. The first-order chi connectivity index (χ1) is 13.0. The van der Waals surface area contributed by atoms with Gasteiger partial charge in [-0.05, 0) is 55.8 Å². The van der Waals surface area contributed by atoms with Gasteiger partial charge in [0.15, 0.2) is 9.84 Å². The summed E-state index contributed by atoms with van der Waals surface area (Å²) in [5.74, 6) is -0.325. The summed E-state index contributed by atoms with van der Waals surface area (Å²) < 4.78 is 48.1. The fraction of sp³-hybridized carbons (Fsp3) is 0.316. The molecule has 1 atom stereocenters. The summed E-state index contributed by atoms with van der Waals surface area (Å²) in [6, 6.07) is 12.3. The summed E-state index contributed by atoms with van der Waals surface area (Å²) in [7, 11) is -5.16. The Hall–Kier alpha value is -2.39. The van der Waals surface area contributed by atoms with Gasteiger partial charge in [0.2, 0.25) is 10.0 Å². The number of hydrogen-bond donors (Lipinski definition) is 1. The Balaban J connectivity index is 2.10. The van der Waals surface area contributed by atoms with Gasteiger partial charge in [-0.1, -0.05) is 12.1 Å². The minimum absolute atomic E-state index is 0.0125. The molecule has 0 fully saturated rings. The Kier molecular flexibility index (Phi) is 6.51. The van der Waals surface area contributed by atoms with Crippen LogP contribution in [-0.2, 0) is 19.9 Å². The summed E-state index contributed by atoms with van der Waals surface area (Å²) in [6.45, 7) is 3.36. The lowest BCUT2D eigenvalue weighted by atomic mass is 10.1. The number of hydrogen-bond acceptors (Lipinski definition) is 5. The molecule has 2 rings (SSSR count). The quantitative estimate of drug-likeness (QED) is 0.735. The second-order valence-electron chi connectivity index (χ2n) is 6.45. The lowest BCUT2D eigenvalue weighted by molar-refractivity contribution is 0.0940.